The van der Waals surface area contributed by atoms with Gasteiger partial charge in [-0.25, -0.2) is 93.6 Å². The Labute approximate surface area is 880 Å². The van der Waals surface area contributed by atoms with Crippen molar-refractivity contribution in [1.82, 2.24) is 14.4 Å². The molecule has 32 nitrogen and oxygen atoms in total. The topological polar surface area (TPSA) is 507 Å². The molecule has 5 N–H and O–H groups in total. The molecule has 44 heteroatoms. The molecule has 796 valence electrons. The Hall–Kier alpha value is -11.9. The zero-order valence-electron chi connectivity index (χ0n) is 84.2. The average molecular weight is 2270 g/mol. The van der Waals surface area contributed by atoms with Gasteiger partial charge in [-0.15, -0.1) is 8.80 Å². The maximum Gasteiger partial charge on any atom is 0.285 e. The molecule has 0 saturated heterocycles. The molecule has 12 aliphatic heterocycles. The van der Waals surface area contributed by atoms with Crippen LogP contribution in [0.15, 0.2) is 286 Å². The highest BCUT2D eigenvalue weighted by molar-refractivity contribution is 7.96. The minimum absolute atomic E-state index is 0.237. The smallest absolute Gasteiger partial charge is 0.285 e. The van der Waals surface area contributed by atoms with Crippen molar-refractivity contribution in [3.05, 3.63) is 346 Å². The molecule has 0 bridgehead atoms. The van der Waals surface area contributed by atoms with Crippen molar-refractivity contribution in [2.75, 3.05) is 56.4 Å². The van der Waals surface area contributed by atoms with Crippen LogP contribution in [0.25, 0.3) is 12.2 Å². The maximum atomic E-state index is 11.6. The van der Waals surface area contributed by atoms with E-state index in [1.165, 1.54) is 23.5 Å². The normalized spacial score (nSPS) is 18.7. The largest absolute Gasteiger partial charge is 0.345 e. The van der Waals surface area contributed by atoms with Crippen molar-refractivity contribution in [3.63, 3.8) is 0 Å². The van der Waals surface area contributed by atoms with E-state index in [2.05, 4.69) is 38.6 Å². The third-order valence-electron chi connectivity index (χ3n) is 25.2. The molecule has 0 saturated carbocycles. The van der Waals surface area contributed by atoms with Crippen LogP contribution in [0.3, 0.4) is 0 Å². The van der Waals surface area contributed by atoms with E-state index in [0.29, 0.717) is 112 Å². The van der Waals surface area contributed by atoms with E-state index in [4.69, 9.17) is 0 Å². The van der Waals surface area contributed by atoms with Crippen molar-refractivity contribution >= 4 is 161 Å². The fraction of sp³-hybridized carbons (Fsp3) is 0.274. The van der Waals surface area contributed by atoms with Crippen molar-refractivity contribution in [1.29, 1.82) is 0 Å². The van der Waals surface area contributed by atoms with Crippen LogP contribution >= 0.6 is 0 Å². The quantitative estimate of drug-likeness (QED) is 0.0941. The predicted octanol–water partition coefficient (Wildman–Crippen LogP) is 15.5. The zero-order chi connectivity index (χ0) is 109. The van der Waals surface area contributed by atoms with Crippen LogP contribution in [0.1, 0.15) is 135 Å². The second-order valence-electron chi connectivity index (χ2n) is 37.3. The molecule has 150 heavy (non-hydrogen) atoms. The molecule has 13 heterocycles. The molecule has 12 aromatic rings. The first kappa shape index (κ1) is 115. The number of benzene rings is 11. The third-order valence-corrected chi connectivity index (χ3v) is 44.4. The van der Waals surface area contributed by atoms with Gasteiger partial charge >= 0.3 is 0 Å². The summed E-state index contributed by atoms with van der Waals surface area (Å²) >= 11 is 0. The van der Waals surface area contributed by atoms with E-state index in [9.17, 15) is 101 Å². The Kier molecular flexibility index (Phi) is 35.6. The summed E-state index contributed by atoms with van der Waals surface area (Å²) in [5, 5.41) is 7.99. The number of nitrogens with zero attached hydrogens (tertiary/aromatic N) is 3. The van der Waals surface area contributed by atoms with Gasteiger partial charge in [-0.05, 0) is 321 Å². The van der Waals surface area contributed by atoms with Crippen molar-refractivity contribution in [3.8, 4) is 0 Å². The molecule has 0 amide bonds. The fourth-order valence-corrected chi connectivity index (χ4v) is 33.8. The van der Waals surface area contributed by atoms with Gasteiger partial charge in [-0.3, -0.25) is 9.71 Å². The van der Waals surface area contributed by atoms with Gasteiger partial charge in [0.25, 0.3) is 30.1 Å². The molecule has 0 fully saturated rings. The van der Waals surface area contributed by atoms with Gasteiger partial charge in [0.15, 0.2) is 68.9 Å². The first-order valence-electron chi connectivity index (χ1n) is 47.3. The summed E-state index contributed by atoms with van der Waals surface area (Å²) < 4.78 is 287. The van der Waals surface area contributed by atoms with Crippen LogP contribution in [-0.4, -0.2) is 160 Å². The SMILES string of the molecule is Cc1ccc2c(c1)C=CS2(=O)=O.Cc1ccc2c(c1)CCCS2(=O)=O.Cc1ccc2c(c1)CCNS2(=O)=O.Cc1ccc2c(c1)CCS2(=O)=O.Cc1ccc2c(c1)CNS2(=O)=O.Cc1ccc2c(c1)NC=NS2(=O)=O.Cc1ccc2c(c1)NC=NS2(=O)=O.Cc1ccc2c(c1)NS(=O)(=O)C=C2.Cc1ccc2c(c1)S(=O)(=O)CC2.Cc1ccc2c(n1)CCCS2(=O)=O.Cc1cccc2c1CCS2(=O)=O.Cc1cccc2c1S(=O)(=O)CC2. The lowest BCUT2D eigenvalue weighted by Crippen LogP contribution is -2.31. The van der Waals surface area contributed by atoms with Gasteiger partial charge in [-0.1, -0.05) is 155 Å². The maximum absolute atomic E-state index is 11.6. The molecule has 0 aliphatic carbocycles. The Morgan fingerprint density at radius 2 is 0.680 bits per heavy atom. The van der Waals surface area contributed by atoms with Crippen molar-refractivity contribution < 1.29 is 101 Å². The summed E-state index contributed by atoms with van der Waals surface area (Å²) in [6, 6.07) is 63.2. The van der Waals surface area contributed by atoms with Crippen LogP contribution in [0, 0.1) is 83.1 Å². The molecular formula is C106H116N8O24S12. The number of aromatic nitrogens is 1. The summed E-state index contributed by atoms with van der Waals surface area (Å²) in [5.74, 6) is 1.71. The molecule has 12 aliphatic rings. The highest BCUT2D eigenvalue weighted by Gasteiger charge is 2.34. The molecule has 1 aromatic heterocycles. The number of aryl methyl sites for hydroxylation is 17. The molecule has 0 spiro atoms. The Bertz CT molecular complexity index is 8610. The van der Waals surface area contributed by atoms with Crippen LogP contribution in [0.2, 0.25) is 0 Å². The van der Waals surface area contributed by atoms with Gasteiger partial charge in [0, 0.05) is 24.2 Å². The van der Waals surface area contributed by atoms with Gasteiger partial charge in [-0.2, -0.15) is 16.8 Å². The molecule has 0 radical (unpaired) electrons. The first-order valence-corrected chi connectivity index (χ1v) is 66.1. The third kappa shape index (κ3) is 28.7. The van der Waals surface area contributed by atoms with Crippen molar-refractivity contribution in [2.24, 2.45) is 8.80 Å². The van der Waals surface area contributed by atoms with E-state index >= 15 is 0 Å². The lowest BCUT2D eigenvalue weighted by Gasteiger charge is -2.17. The van der Waals surface area contributed by atoms with Gasteiger partial charge < -0.3 is 10.6 Å². The van der Waals surface area contributed by atoms with E-state index in [1.807, 2.05) is 198 Å². The second kappa shape index (κ2) is 46.3. The highest BCUT2D eigenvalue weighted by atomic mass is 32.2. The van der Waals surface area contributed by atoms with Crippen LogP contribution in [0.5, 0.6) is 0 Å². The number of pyridine rings is 1. The summed E-state index contributed by atoms with van der Waals surface area (Å²) in [5.41, 5.74) is 23.5. The first-order chi connectivity index (χ1) is 70.1. The number of fused-ring (bicyclic) bond motifs is 12. The van der Waals surface area contributed by atoms with Gasteiger partial charge in [0.2, 0.25) is 20.0 Å². The Balaban J connectivity index is 0.000000136. The molecule has 0 atom stereocenters. The minimum Gasteiger partial charge on any atom is -0.345 e. The number of rotatable bonds is 0. The predicted molar refractivity (Wildman–Crippen MR) is 585 cm³/mol. The number of sulfonamides is 5. The number of hydrogen-bond donors (Lipinski definition) is 5. The Morgan fingerprint density at radius 1 is 0.273 bits per heavy atom. The minimum atomic E-state index is -3.45. The number of hydrogen-bond acceptors (Lipinski definition) is 27. The number of nitrogens with one attached hydrogen (secondary N) is 5. The summed E-state index contributed by atoms with van der Waals surface area (Å²) in [6.45, 7) is 24.1. The highest BCUT2D eigenvalue weighted by Crippen LogP contribution is 2.37. The van der Waals surface area contributed by atoms with E-state index in [0.717, 1.165) is 148 Å². The van der Waals surface area contributed by atoms with E-state index in [1.54, 1.807) is 109 Å². The lowest BCUT2D eigenvalue weighted by atomic mass is 10.1. The average Bonchev–Trinajstić information content (AvgIpc) is 1.69. The van der Waals surface area contributed by atoms with Crippen LogP contribution < -0.4 is 24.8 Å². The molecule has 0 unspecified atom stereocenters. The monoisotopic (exact) mass is 2270 g/mol. The van der Waals surface area contributed by atoms with E-state index < -0.39 is 119 Å². The number of anilines is 3. The molecular weight excluding hydrogens is 2150 g/mol. The second-order valence-corrected chi connectivity index (χ2v) is 59.8. The summed E-state index contributed by atoms with van der Waals surface area (Å²) in [7, 11) is -37.3. The molecule has 11 aromatic carbocycles. The number of sulfone groups is 7. The Morgan fingerprint density at radius 3 is 1.25 bits per heavy atom. The summed E-state index contributed by atoms with van der Waals surface area (Å²) in [4.78, 5) is 9.16. The molecule has 24 rings (SSSR count). The fourth-order valence-electron chi connectivity index (χ4n) is 17.7. The lowest BCUT2D eigenvalue weighted by molar-refractivity contribution is 0.572. The van der Waals surface area contributed by atoms with Gasteiger partial charge in [0.1, 0.15) is 22.5 Å². The van der Waals surface area contributed by atoms with Crippen LogP contribution in [-0.2, 0) is 170 Å². The van der Waals surface area contributed by atoms with Crippen molar-refractivity contribution in [2.45, 2.75) is 201 Å². The van der Waals surface area contributed by atoms with Crippen LogP contribution in [0.4, 0.5) is 17.1 Å². The zero-order valence-corrected chi connectivity index (χ0v) is 94.0. The standard InChI is InChI=1S/C10H12O2S.C9H11NO2S.C9H9NO2S.C9H11NO2S.C9H10O2S.C9H8O2S.3C9H10O2S.2C8H8N2O2S.C8H9NO2S/c1-8-4-5-10-9(7-8)3-2-6-13(10,11)12;1-7-2-3-9-8(6-7)4-5-10-13(9,11)12;1-7-2-3-8-4-5-13(11,12)10-9(8)6-7;1-7-4-5-9-8(10-7)3-2-6-13(9,11)12;2*1-7-2-3-9-8(6-7)4-5-12(9,10)11;1-7-2-3-8-4-5-12(10,11)9(8)6-7;1-7-3-2-4-9-8(7)5-6-12(9,10)11;1-7-3-2-4-8-5-6-12(10,11)9(7)8;2*1-6-2-3-8-7(4-6)9-5-10-13(8,11)12;1-6-2-3-8-7(4-6)5-9-12(8,10)11/h4-5,7H,2-3,6H2,1H3;2-3,6,10H,4-5H2,1H3;2-6,10H,1H3;4-5H,2-3,6H2,1H3;2-3,6H,4-5H2,1H3;2-6H,1H3;2-3,6H,4-5H2,1H3;2*2-4H,5-6H2,1H3;2*2-5H,1H3,(H,9,10);2-4,9H,5H2,1H3. The summed E-state index contributed by atoms with van der Waals surface area (Å²) in [6.07, 6.45) is 12.3. The van der Waals surface area contributed by atoms with Gasteiger partial charge in [0.05, 0.1) is 107 Å². The van der Waals surface area contributed by atoms with E-state index in [-0.39, 0.29) is 38.6 Å².